The fourth-order valence-corrected chi connectivity index (χ4v) is 2.62. The maximum Gasteiger partial charge on any atom is 0.141 e. The normalized spacial score (nSPS) is 26.5. The highest BCUT2D eigenvalue weighted by atomic mass is 16.1. The molecule has 2 unspecified atom stereocenters. The number of rotatable bonds is 3. The van der Waals surface area contributed by atoms with Crippen LogP contribution in [-0.2, 0) is 9.59 Å². The molecule has 0 amide bonds. The van der Waals surface area contributed by atoms with Crippen LogP contribution in [0.1, 0.15) is 59.8 Å². The van der Waals surface area contributed by atoms with E-state index in [0.717, 1.165) is 25.7 Å². The Bertz CT molecular complexity index is 273. The van der Waals surface area contributed by atoms with E-state index in [2.05, 4.69) is 0 Å². The van der Waals surface area contributed by atoms with Crippen molar-refractivity contribution in [1.29, 1.82) is 0 Å². The highest BCUT2D eigenvalue weighted by molar-refractivity contribution is 5.87. The minimum atomic E-state index is -0.262. The van der Waals surface area contributed by atoms with Crippen molar-refractivity contribution in [1.82, 2.24) is 0 Å². The fourth-order valence-electron chi connectivity index (χ4n) is 2.62. The quantitative estimate of drug-likeness (QED) is 0.736. The molecule has 0 aliphatic heterocycles. The smallest absolute Gasteiger partial charge is 0.141 e. The first kappa shape index (κ1) is 13.4. The van der Waals surface area contributed by atoms with Gasteiger partial charge in [0.2, 0.25) is 0 Å². The summed E-state index contributed by atoms with van der Waals surface area (Å²) >= 11 is 0. The molecule has 16 heavy (non-hydrogen) atoms. The van der Waals surface area contributed by atoms with Crippen LogP contribution in [0.4, 0.5) is 0 Å². The van der Waals surface area contributed by atoms with Crippen molar-refractivity contribution in [3.63, 3.8) is 0 Å². The highest BCUT2D eigenvalue weighted by Crippen LogP contribution is 2.35. The van der Waals surface area contributed by atoms with E-state index in [1.165, 1.54) is 0 Å². The molecule has 0 aromatic carbocycles. The van der Waals surface area contributed by atoms with Gasteiger partial charge in [-0.1, -0.05) is 34.1 Å². The molecule has 0 aromatic heterocycles. The Morgan fingerprint density at radius 2 is 1.69 bits per heavy atom. The lowest BCUT2D eigenvalue weighted by Gasteiger charge is -2.31. The van der Waals surface area contributed by atoms with Crippen molar-refractivity contribution in [2.45, 2.75) is 59.8 Å². The minimum Gasteiger partial charge on any atom is -0.299 e. The second kappa shape index (κ2) is 5.11. The standard InChI is InChI=1S/C14H24O2/c1-5-12(15)10-7-6-8-11(9-10)13(16)14(2,3)4/h10-11H,5-9H2,1-4H3. The first-order valence-electron chi connectivity index (χ1n) is 6.43. The van der Waals surface area contributed by atoms with Gasteiger partial charge in [-0.25, -0.2) is 0 Å². The third-order valence-corrected chi connectivity index (χ3v) is 3.59. The van der Waals surface area contributed by atoms with Crippen molar-refractivity contribution < 1.29 is 9.59 Å². The number of hydrogen-bond acceptors (Lipinski definition) is 2. The molecule has 0 spiro atoms. The Balaban J connectivity index is 2.64. The van der Waals surface area contributed by atoms with Crippen LogP contribution < -0.4 is 0 Å². The molecule has 0 aromatic rings. The monoisotopic (exact) mass is 224 g/mol. The highest BCUT2D eigenvalue weighted by Gasteiger charge is 2.34. The summed E-state index contributed by atoms with van der Waals surface area (Å²) in [6, 6.07) is 0. The Morgan fingerprint density at radius 1 is 1.12 bits per heavy atom. The lowest BCUT2D eigenvalue weighted by atomic mass is 9.72. The van der Waals surface area contributed by atoms with Crippen LogP contribution in [0, 0.1) is 17.3 Å². The van der Waals surface area contributed by atoms with E-state index in [4.69, 9.17) is 0 Å². The zero-order valence-corrected chi connectivity index (χ0v) is 11.0. The molecule has 0 N–H and O–H groups in total. The maximum absolute atomic E-state index is 12.2. The van der Waals surface area contributed by atoms with E-state index in [1.807, 2.05) is 27.7 Å². The van der Waals surface area contributed by atoms with Gasteiger partial charge in [-0.05, 0) is 19.3 Å². The fraction of sp³-hybridized carbons (Fsp3) is 0.857. The predicted molar refractivity (Wildman–Crippen MR) is 65.2 cm³/mol. The molecule has 1 aliphatic rings. The molecule has 2 heteroatoms. The average molecular weight is 224 g/mol. The molecule has 0 heterocycles. The Kier molecular flexibility index (Phi) is 4.28. The van der Waals surface area contributed by atoms with Crippen LogP contribution in [0.5, 0.6) is 0 Å². The number of carbonyl (C=O) groups excluding carboxylic acids is 2. The number of ketones is 2. The summed E-state index contributed by atoms with van der Waals surface area (Å²) in [7, 11) is 0. The number of Topliss-reactive ketones (excluding diaryl/α,β-unsaturated/α-hetero) is 2. The van der Waals surface area contributed by atoms with E-state index in [-0.39, 0.29) is 17.3 Å². The SMILES string of the molecule is CCC(=O)C1CCCC(C(=O)C(C)(C)C)C1. The van der Waals surface area contributed by atoms with Crippen LogP contribution in [-0.4, -0.2) is 11.6 Å². The van der Waals surface area contributed by atoms with E-state index in [1.54, 1.807) is 0 Å². The topological polar surface area (TPSA) is 34.1 Å². The summed E-state index contributed by atoms with van der Waals surface area (Å²) in [5.74, 6) is 0.941. The Labute approximate surface area is 98.8 Å². The van der Waals surface area contributed by atoms with Crippen molar-refractivity contribution in [3.8, 4) is 0 Å². The van der Waals surface area contributed by atoms with Crippen molar-refractivity contribution in [2.24, 2.45) is 17.3 Å². The zero-order chi connectivity index (χ0) is 12.3. The second-order valence-electron chi connectivity index (χ2n) is 5.99. The second-order valence-corrected chi connectivity index (χ2v) is 5.99. The summed E-state index contributed by atoms with van der Waals surface area (Å²) in [5.41, 5.74) is -0.262. The molecule has 0 bridgehead atoms. The molecule has 2 nitrogen and oxygen atoms in total. The van der Waals surface area contributed by atoms with Gasteiger partial charge in [-0.3, -0.25) is 9.59 Å². The molecule has 92 valence electrons. The summed E-state index contributed by atoms with van der Waals surface area (Å²) < 4.78 is 0. The third kappa shape index (κ3) is 3.16. The van der Waals surface area contributed by atoms with E-state index in [0.29, 0.717) is 18.0 Å². The van der Waals surface area contributed by atoms with E-state index < -0.39 is 0 Å². The van der Waals surface area contributed by atoms with Gasteiger partial charge in [0.25, 0.3) is 0 Å². The lowest BCUT2D eigenvalue weighted by molar-refractivity contribution is -0.133. The molecular weight excluding hydrogens is 200 g/mol. The zero-order valence-electron chi connectivity index (χ0n) is 11.0. The van der Waals surface area contributed by atoms with Gasteiger partial charge in [-0.2, -0.15) is 0 Å². The van der Waals surface area contributed by atoms with E-state index >= 15 is 0 Å². The summed E-state index contributed by atoms with van der Waals surface area (Å²) in [6.45, 7) is 7.83. The number of hydrogen-bond donors (Lipinski definition) is 0. The largest absolute Gasteiger partial charge is 0.299 e. The van der Waals surface area contributed by atoms with Crippen LogP contribution in [0.2, 0.25) is 0 Å². The molecule has 0 radical (unpaired) electrons. The van der Waals surface area contributed by atoms with Gasteiger partial charge in [-0.15, -0.1) is 0 Å². The minimum absolute atomic E-state index is 0.120. The van der Waals surface area contributed by atoms with Crippen LogP contribution in [0.15, 0.2) is 0 Å². The van der Waals surface area contributed by atoms with Crippen molar-refractivity contribution in [3.05, 3.63) is 0 Å². The van der Waals surface area contributed by atoms with Gasteiger partial charge in [0.15, 0.2) is 0 Å². The third-order valence-electron chi connectivity index (χ3n) is 3.59. The molecule has 1 aliphatic carbocycles. The first-order valence-corrected chi connectivity index (χ1v) is 6.43. The van der Waals surface area contributed by atoms with Gasteiger partial charge in [0, 0.05) is 23.7 Å². The summed E-state index contributed by atoms with van der Waals surface area (Å²) in [4.78, 5) is 23.8. The Morgan fingerprint density at radius 3 is 2.19 bits per heavy atom. The Hall–Kier alpha value is -0.660. The predicted octanol–water partition coefficient (Wildman–Crippen LogP) is 3.39. The molecule has 1 saturated carbocycles. The lowest BCUT2D eigenvalue weighted by Crippen LogP contribution is -2.33. The van der Waals surface area contributed by atoms with Crippen molar-refractivity contribution >= 4 is 11.6 Å². The van der Waals surface area contributed by atoms with Crippen LogP contribution >= 0.6 is 0 Å². The molecule has 1 fully saturated rings. The van der Waals surface area contributed by atoms with Gasteiger partial charge in [0.1, 0.15) is 11.6 Å². The van der Waals surface area contributed by atoms with Crippen molar-refractivity contribution in [2.75, 3.05) is 0 Å². The van der Waals surface area contributed by atoms with Gasteiger partial charge >= 0.3 is 0 Å². The van der Waals surface area contributed by atoms with Gasteiger partial charge < -0.3 is 0 Å². The molecular formula is C14H24O2. The number of carbonyl (C=O) groups is 2. The van der Waals surface area contributed by atoms with Gasteiger partial charge in [0.05, 0.1) is 0 Å². The molecule has 0 saturated heterocycles. The summed E-state index contributed by atoms with van der Waals surface area (Å²) in [6.07, 6.45) is 4.40. The molecule has 1 rings (SSSR count). The van der Waals surface area contributed by atoms with Crippen LogP contribution in [0.25, 0.3) is 0 Å². The maximum atomic E-state index is 12.2. The van der Waals surface area contributed by atoms with E-state index in [9.17, 15) is 9.59 Å². The first-order chi connectivity index (χ1) is 7.36. The summed E-state index contributed by atoms with van der Waals surface area (Å²) in [5, 5.41) is 0. The molecule has 2 atom stereocenters. The van der Waals surface area contributed by atoms with Crippen LogP contribution in [0.3, 0.4) is 0 Å². The average Bonchev–Trinajstić information content (AvgIpc) is 2.26.